The van der Waals surface area contributed by atoms with Crippen LogP contribution in [0.5, 0.6) is 0 Å². The number of nitrogens with zero attached hydrogens (tertiary/aromatic N) is 1. The molecule has 0 atom stereocenters. The minimum Gasteiger partial charge on any atom is -0.310 e. The number of anilines is 3. The van der Waals surface area contributed by atoms with Crippen LogP contribution in [0.1, 0.15) is 22.3 Å². The molecule has 1 spiro atoms. The molecule has 1 nitrogen and oxygen atoms in total. The van der Waals surface area contributed by atoms with Crippen LogP contribution < -0.4 is 4.90 Å². The zero-order valence-corrected chi connectivity index (χ0v) is 36.3. The van der Waals surface area contributed by atoms with Crippen molar-refractivity contribution in [2.24, 2.45) is 0 Å². The second-order valence-corrected chi connectivity index (χ2v) is 17.5. The average Bonchev–Trinajstić information content (AvgIpc) is 3.86. The number of rotatable bonds is 7. The molecule has 0 saturated carbocycles. The molecule has 0 heterocycles. The van der Waals surface area contributed by atoms with Crippen molar-refractivity contribution in [3.63, 3.8) is 0 Å². The van der Waals surface area contributed by atoms with Crippen molar-refractivity contribution in [3.8, 4) is 66.8 Å². The summed E-state index contributed by atoms with van der Waals surface area (Å²) < 4.78 is 0. The fourth-order valence-electron chi connectivity index (χ4n) is 11.4. The van der Waals surface area contributed by atoms with E-state index in [0.29, 0.717) is 0 Å². The van der Waals surface area contributed by atoms with Crippen molar-refractivity contribution >= 4 is 27.8 Å². The van der Waals surface area contributed by atoms with Gasteiger partial charge in [-0.2, -0.15) is 0 Å². The zero-order valence-electron chi connectivity index (χ0n) is 36.3. The lowest BCUT2D eigenvalue weighted by atomic mass is 9.70. The van der Waals surface area contributed by atoms with E-state index in [9.17, 15) is 0 Å². The summed E-state index contributed by atoms with van der Waals surface area (Å²) in [4.78, 5) is 2.47. The highest BCUT2D eigenvalue weighted by molar-refractivity contribution is 6.03. The first-order chi connectivity index (χ1) is 32.8. The Morgan fingerprint density at radius 2 is 0.682 bits per heavy atom. The van der Waals surface area contributed by atoms with E-state index in [0.717, 1.165) is 22.6 Å². The second kappa shape index (κ2) is 15.3. The van der Waals surface area contributed by atoms with Crippen LogP contribution in [0, 0.1) is 0 Å². The standard InChI is InChI=1S/C65H43N/c1-3-19-44(20-4-1)50-25-9-10-30-58(50)64-52(46-21-5-2-6-22-46)31-18-32-53(64)47-37-39-48(40-38-47)66(63-36-17-24-45-23-7-8-26-51(45)63)49-41-42-57-56-29-13-16-35-61(56)65(62(57)43-49)59-33-14-11-27-54(59)55-28-12-15-34-60(55)65/h1-43H. The quantitative estimate of drug-likeness (QED) is 0.155. The highest BCUT2D eigenvalue weighted by Crippen LogP contribution is 2.63. The van der Waals surface area contributed by atoms with Gasteiger partial charge in [-0.05, 0) is 125 Å². The van der Waals surface area contributed by atoms with Crippen LogP contribution in [-0.2, 0) is 5.41 Å². The Hall–Kier alpha value is -8.52. The summed E-state index contributed by atoms with van der Waals surface area (Å²) in [5, 5.41) is 2.41. The lowest BCUT2D eigenvalue weighted by Gasteiger charge is -2.32. The van der Waals surface area contributed by atoms with Gasteiger partial charge in [0.15, 0.2) is 0 Å². The zero-order chi connectivity index (χ0) is 43.6. The largest absolute Gasteiger partial charge is 0.310 e. The van der Waals surface area contributed by atoms with Gasteiger partial charge in [-0.15, -0.1) is 0 Å². The van der Waals surface area contributed by atoms with Crippen LogP contribution in [0.2, 0.25) is 0 Å². The monoisotopic (exact) mass is 837 g/mol. The molecule has 0 fully saturated rings. The van der Waals surface area contributed by atoms with Crippen molar-refractivity contribution in [2.45, 2.75) is 5.41 Å². The lowest BCUT2D eigenvalue weighted by Crippen LogP contribution is -2.26. The summed E-state index contributed by atoms with van der Waals surface area (Å²) in [5.74, 6) is 0. The van der Waals surface area contributed by atoms with Gasteiger partial charge in [0.05, 0.1) is 11.1 Å². The minimum absolute atomic E-state index is 0.445. The third kappa shape index (κ3) is 5.73. The molecule has 2 aliphatic carbocycles. The van der Waals surface area contributed by atoms with Crippen LogP contribution in [0.3, 0.4) is 0 Å². The van der Waals surface area contributed by atoms with Gasteiger partial charge in [-0.3, -0.25) is 0 Å². The SMILES string of the molecule is c1ccc(-c2ccccc2-c2c(-c3ccccc3)cccc2-c2ccc(N(c3ccc4c(c3)C3(c5ccccc5-c5ccccc53)c3ccccc3-4)c3cccc4ccccc34)cc2)cc1. The van der Waals surface area contributed by atoms with Gasteiger partial charge in [0.1, 0.15) is 0 Å². The summed E-state index contributed by atoms with van der Waals surface area (Å²) in [7, 11) is 0. The molecule has 0 aromatic heterocycles. The Morgan fingerprint density at radius 3 is 1.30 bits per heavy atom. The van der Waals surface area contributed by atoms with Crippen LogP contribution in [0.4, 0.5) is 17.1 Å². The predicted molar refractivity (Wildman–Crippen MR) is 277 cm³/mol. The number of hydrogen-bond acceptors (Lipinski definition) is 1. The number of benzene rings is 11. The average molecular weight is 838 g/mol. The van der Waals surface area contributed by atoms with Gasteiger partial charge in [0.25, 0.3) is 0 Å². The van der Waals surface area contributed by atoms with E-state index in [2.05, 4.69) is 266 Å². The smallest absolute Gasteiger partial charge is 0.0726 e. The normalized spacial score (nSPS) is 12.7. The Balaban J connectivity index is 1.02. The molecule has 1 heteroatoms. The van der Waals surface area contributed by atoms with E-state index in [-0.39, 0.29) is 0 Å². The molecule has 0 N–H and O–H groups in total. The molecule has 0 aliphatic heterocycles. The fraction of sp³-hybridized carbons (Fsp3) is 0.0154. The molecule has 308 valence electrons. The molecule has 0 bridgehead atoms. The summed E-state index contributed by atoms with van der Waals surface area (Å²) >= 11 is 0. The van der Waals surface area contributed by atoms with E-state index in [1.165, 1.54) is 94.2 Å². The summed E-state index contributed by atoms with van der Waals surface area (Å²) in [6, 6.07) is 96.3. The van der Waals surface area contributed by atoms with Crippen molar-refractivity contribution in [1.29, 1.82) is 0 Å². The molecule has 2 aliphatic rings. The first kappa shape index (κ1) is 38.0. The third-order valence-corrected chi connectivity index (χ3v) is 14.1. The van der Waals surface area contributed by atoms with Gasteiger partial charge >= 0.3 is 0 Å². The maximum atomic E-state index is 2.49. The summed E-state index contributed by atoms with van der Waals surface area (Å²) in [6.45, 7) is 0. The van der Waals surface area contributed by atoms with Gasteiger partial charge in [0.2, 0.25) is 0 Å². The molecular weight excluding hydrogens is 795 g/mol. The van der Waals surface area contributed by atoms with Gasteiger partial charge < -0.3 is 4.90 Å². The summed E-state index contributed by atoms with van der Waals surface area (Å²) in [6.07, 6.45) is 0. The Kier molecular flexibility index (Phi) is 8.82. The lowest BCUT2D eigenvalue weighted by molar-refractivity contribution is 0.793. The fourth-order valence-corrected chi connectivity index (χ4v) is 11.4. The molecule has 13 rings (SSSR count). The van der Waals surface area contributed by atoms with E-state index >= 15 is 0 Å². The molecule has 66 heavy (non-hydrogen) atoms. The first-order valence-corrected chi connectivity index (χ1v) is 22.9. The van der Waals surface area contributed by atoms with E-state index in [4.69, 9.17) is 0 Å². The maximum absolute atomic E-state index is 2.49. The Bertz CT molecular complexity index is 3570. The predicted octanol–water partition coefficient (Wildman–Crippen LogP) is 17.3. The molecule has 11 aromatic carbocycles. The second-order valence-electron chi connectivity index (χ2n) is 17.5. The number of fused-ring (bicyclic) bond motifs is 11. The van der Waals surface area contributed by atoms with Crippen molar-refractivity contribution in [2.75, 3.05) is 4.90 Å². The van der Waals surface area contributed by atoms with Crippen molar-refractivity contribution < 1.29 is 0 Å². The maximum Gasteiger partial charge on any atom is 0.0726 e. The minimum atomic E-state index is -0.445. The van der Waals surface area contributed by atoms with Gasteiger partial charge in [-0.25, -0.2) is 0 Å². The molecule has 0 amide bonds. The van der Waals surface area contributed by atoms with Crippen LogP contribution >= 0.6 is 0 Å². The topological polar surface area (TPSA) is 3.24 Å². The van der Waals surface area contributed by atoms with E-state index in [1.807, 2.05) is 0 Å². The van der Waals surface area contributed by atoms with E-state index in [1.54, 1.807) is 0 Å². The first-order valence-electron chi connectivity index (χ1n) is 22.9. The third-order valence-electron chi connectivity index (χ3n) is 14.1. The molecule has 0 radical (unpaired) electrons. The number of hydrogen-bond donors (Lipinski definition) is 0. The van der Waals surface area contributed by atoms with E-state index < -0.39 is 5.41 Å². The van der Waals surface area contributed by atoms with Crippen LogP contribution in [-0.4, -0.2) is 0 Å². The molecule has 11 aromatic rings. The van der Waals surface area contributed by atoms with Crippen molar-refractivity contribution in [1.82, 2.24) is 0 Å². The Labute approximate surface area is 386 Å². The Morgan fingerprint density at radius 1 is 0.258 bits per heavy atom. The van der Waals surface area contributed by atoms with Crippen molar-refractivity contribution in [3.05, 3.63) is 283 Å². The van der Waals surface area contributed by atoms with Gasteiger partial charge in [0, 0.05) is 16.8 Å². The molecule has 0 saturated heterocycles. The van der Waals surface area contributed by atoms with Crippen LogP contribution in [0.25, 0.3) is 77.5 Å². The van der Waals surface area contributed by atoms with Gasteiger partial charge in [-0.1, -0.05) is 231 Å². The molecular formula is C65H43N. The summed E-state index contributed by atoms with van der Waals surface area (Å²) in [5.41, 5.74) is 23.1. The molecule has 0 unspecified atom stereocenters. The highest BCUT2D eigenvalue weighted by atomic mass is 15.1. The highest BCUT2D eigenvalue weighted by Gasteiger charge is 2.51. The van der Waals surface area contributed by atoms with Crippen LogP contribution in [0.15, 0.2) is 261 Å².